The summed E-state index contributed by atoms with van der Waals surface area (Å²) in [4.78, 5) is 11.6. The summed E-state index contributed by atoms with van der Waals surface area (Å²) < 4.78 is 12.9. The van der Waals surface area contributed by atoms with Crippen molar-refractivity contribution in [1.29, 1.82) is 0 Å². The summed E-state index contributed by atoms with van der Waals surface area (Å²) in [5, 5.41) is 21.2. The molecule has 0 radical (unpaired) electrons. The zero-order chi connectivity index (χ0) is 12.8. The minimum Gasteiger partial charge on any atom is -0.507 e. The quantitative estimate of drug-likeness (QED) is 0.730. The van der Waals surface area contributed by atoms with Gasteiger partial charge in [-0.15, -0.1) is 0 Å². The molecule has 0 spiro atoms. The van der Waals surface area contributed by atoms with Crippen LogP contribution < -0.4 is 5.32 Å². The molecule has 0 aromatic heterocycles. The average molecular weight is 241 g/mol. The van der Waals surface area contributed by atoms with Crippen LogP contribution in [0.2, 0.25) is 0 Å². The lowest BCUT2D eigenvalue weighted by Crippen LogP contribution is -2.27. The van der Waals surface area contributed by atoms with Gasteiger partial charge in [-0.3, -0.25) is 4.79 Å². The fourth-order valence-corrected chi connectivity index (χ4v) is 1.34. The van der Waals surface area contributed by atoms with E-state index in [0.29, 0.717) is 12.8 Å². The number of carbonyl (C=O) groups excluding carboxylic acids is 1. The number of rotatable bonds is 5. The summed E-state index contributed by atoms with van der Waals surface area (Å²) >= 11 is 0. The van der Waals surface area contributed by atoms with Gasteiger partial charge in [0.1, 0.15) is 11.6 Å². The number of phenolic OH excluding ortho intramolecular Hbond substituents is 1. The first-order valence-corrected chi connectivity index (χ1v) is 5.49. The van der Waals surface area contributed by atoms with Gasteiger partial charge in [0, 0.05) is 6.54 Å². The predicted molar refractivity (Wildman–Crippen MR) is 61.3 cm³/mol. The number of benzene rings is 1. The van der Waals surface area contributed by atoms with Gasteiger partial charge in [-0.05, 0) is 31.0 Å². The Balaban J connectivity index is 2.55. The molecule has 0 saturated heterocycles. The summed E-state index contributed by atoms with van der Waals surface area (Å²) in [7, 11) is 0. The zero-order valence-electron chi connectivity index (χ0n) is 9.61. The highest BCUT2D eigenvalue weighted by Crippen LogP contribution is 2.17. The predicted octanol–water partition coefficient (Wildman–Crippen LogP) is 1.42. The van der Waals surface area contributed by atoms with Gasteiger partial charge in [0.05, 0.1) is 11.7 Å². The van der Waals surface area contributed by atoms with Gasteiger partial charge in [-0.25, -0.2) is 4.39 Å². The van der Waals surface area contributed by atoms with Crippen LogP contribution in [0.5, 0.6) is 5.75 Å². The van der Waals surface area contributed by atoms with Crippen molar-refractivity contribution < 1.29 is 19.4 Å². The highest BCUT2D eigenvalue weighted by atomic mass is 19.1. The molecule has 1 rings (SSSR count). The third kappa shape index (κ3) is 4.03. The van der Waals surface area contributed by atoms with Crippen LogP contribution in [0, 0.1) is 5.82 Å². The Hall–Kier alpha value is -1.62. The highest BCUT2D eigenvalue weighted by Gasteiger charge is 2.12. The lowest BCUT2D eigenvalue weighted by Gasteiger charge is -2.09. The molecule has 1 aromatic rings. The van der Waals surface area contributed by atoms with Gasteiger partial charge in [-0.2, -0.15) is 0 Å². The van der Waals surface area contributed by atoms with Crippen LogP contribution in [0.15, 0.2) is 18.2 Å². The standard InChI is InChI=1S/C12H16FNO3/c1-2-9(15)5-6-14-12(17)10-7-8(13)3-4-11(10)16/h3-4,7,9,15-16H,2,5-6H2,1H3,(H,14,17). The van der Waals surface area contributed by atoms with E-state index in [0.717, 1.165) is 18.2 Å². The van der Waals surface area contributed by atoms with E-state index in [4.69, 9.17) is 0 Å². The van der Waals surface area contributed by atoms with E-state index in [2.05, 4.69) is 5.32 Å². The fraction of sp³-hybridized carbons (Fsp3) is 0.417. The third-order valence-corrected chi connectivity index (χ3v) is 2.44. The van der Waals surface area contributed by atoms with E-state index in [1.54, 1.807) is 0 Å². The van der Waals surface area contributed by atoms with Crippen molar-refractivity contribution in [3.63, 3.8) is 0 Å². The van der Waals surface area contributed by atoms with Crippen LogP contribution in [0.25, 0.3) is 0 Å². The topological polar surface area (TPSA) is 69.6 Å². The number of aliphatic hydroxyl groups excluding tert-OH is 1. The van der Waals surface area contributed by atoms with Gasteiger partial charge < -0.3 is 15.5 Å². The molecule has 0 bridgehead atoms. The molecule has 0 fully saturated rings. The van der Waals surface area contributed by atoms with E-state index in [1.807, 2.05) is 6.92 Å². The first-order valence-electron chi connectivity index (χ1n) is 5.49. The number of amides is 1. The van der Waals surface area contributed by atoms with Crippen LogP contribution in [0.1, 0.15) is 30.1 Å². The lowest BCUT2D eigenvalue weighted by atomic mass is 10.1. The minimum absolute atomic E-state index is 0.101. The molecule has 5 heteroatoms. The summed E-state index contributed by atoms with van der Waals surface area (Å²) in [6.45, 7) is 2.12. The second-order valence-corrected chi connectivity index (χ2v) is 3.77. The van der Waals surface area contributed by atoms with Crippen LogP contribution in [-0.2, 0) is 0 Å². The summed E-state index contributed by atoms with van der Waals surface area (Å²) in [6.07, 6.45) is 0.579. The van der Waals surface area contributed by atoms with Crippen LogP contribution in [0.4, 0.5) is 4.39 Å². The number of hydrogen-bond donors (Lipinski definition) is 3. The maximum absolute atomic E-state index is 12.9. The minimum atomic E-state index is -0.582. The summed E-state index contributed by atoms with van der Waals surface area (Å²) in [5.74, 6) is -1.40. The Kier molecular flexibility index (Phi) is 4.90. The van der Waals surface area contributed by atoms with Gasteiger partial charge in [0.25, 0.3) is 5.91 Å². The fourth-order valence-electron chi connectivity index (χ4n) is 1.34. The monoisotopic (exact) mass is 241 g/mol. The maximum Gasteiger partial charge on any atom is 0.255 e. The summed E-state index contributed by atoms with van der Waals surface area (Å²) in [6, 6.07) is 3.18. The van der Waals surface area contributed by atoms with Gasteiger partial charge in [0.2, 0.25) is 0 Å². The molecule has 3 N–H and O–H groups in total. The van der Waals surface area contributed by atoms with Crippen molar-refractivity contribution in [1.82, 2.24) is 5.32 Å². The molecule has 0 aliphatic carbocycles. The largest absolute Gasteiger partial charge is 0.507 e. The zero-order valence-corrected chi connectivity index (χ0v) is 9.61. The molecule has 0 heterocycles. The second-order valence-electron chi connectivity index (χ2n) is 3.77. The number of hydrogen-bond acceptors (Lipinski definition) is 3. The molecule has 1 atom stereocenters. The number of nitrogens with one attached hydrogen (secondary N) is 1. The van der Waals surface area contributed by atoms with Gasteiger partial charge in [0.15, 0.2) is 0 Å². The molecular formula is C12H16FNO3. The smallest absolute Gasteiger partial charge is 0.255 e. The Morgan fingerprint density at radius 2 is 2.24 bits per heavy atom. The third-order valence-electron chi connectivity index (χ3n) is 2.44. The first-order chi connectivity index (χ1) is 8.04. The van der Waals surface area contributed by atoms with E-state index in [-0.39, 0.29) is 17.9 Å². The SMILES string of the molecule is CCC(O)CCNC(=O)c1cc(F)ccc1O. The molecule has 94 valence electrons. The van der Waals surface area contributed by atoms with Crippen molar-refractivity contribution in [2.45, 2.75) is 25.9 Å². The van der Waals surface area contributed by atoms with Crippen molar-refractivity contribution in [3.05, 3.63) is 29.6 Å². The van der Waals surface area contributed by atoms with Crippen LogP contribution >= 0.6 is 0 Å². The molecule has 1 unspecified atom stereocenters. The Morgan fingerprint density at radius 3 is 2.88 bits per heavy atom. The van der Waals surface area contributed by atoms with Gasteiger partial charge in [-0.1, -0.05) is 6.92 Å². The van der Waals surface area contributed by atoms with E-state index in [1.165, 1.54) is 0 Å². The molecule has 0 aliphatic heterocycles. The molecule has 1 aromatic carbocycles. The van der Waals surface area contributed by atoms with Gasteiger partial charge >= 0.3 is 0 Å². The molecule has 17 heavy (non-hydrogen) atoms. The normalized spacial score (nSPS) is 12.2. The van der Waals surface area contributed by atoms with Crippen LogP contribution in [0.3, 0.4) is 0 Å². The van der Waals surface area contributed by atoms with Crippen molar-refractivity contribution in [3.8, 4) is 5.75 Å². The molecule has 0 saturated carbocycles. The van der Waals surface area contributed by atoms with E-state index >= 15 is 0 Å². The Morgan fingerprint density at radius 1 is 1.53 bits per heavy atom. The second kappa shape index (κ2) is 6.20. The number of carbonyl (C=O) groups is 1. The lowest BCUT2D eigenvalue weighted by molar-refractivity contribution is 0.0939. The molecule has 4 nitrogen and oxygen atoms in total. The van der Waals surface area contributed by atoms with Crippen LogP contribution in [-0.4, -0.2) is 28.8 Å². The number of halogens is 1. The van der Waals surface area contributed by atoms with E-state index < -0.39 is 17.8 Å². The number of aliphatic hydroxyl groups is 1. The molecule has 0 aliphatic rings. The number of phenols is 1. The Labute approximate surface area is 99.1 Å². The van der Waals surface area contributed by atoms with Crippen molar-refractivity contribution in [2.24, 2.45) is 0 Å². The molecular weight excluding hydrogens is 225 g/mol. The van der Waals surface area contributed by atoms with E-state index in [9.17, 15) is 19.4 Å². The van der Waals surface area contributed by atoms with Crippen molar-refractivity contribution >= 4 is 5.91 Å². The highest BCUT2D eigenvalue weighted by molar-refractivity contribution is 5.96. The Bertz CT molecular complexity index is 395. The maximum atomic E-state index is 12.9. The van der Waals surface area contributed by atoms with Crippen molar-refractivity contribution in [2.75, 3.05) is 6.54 Å². The summed E-state index contributed by atoms with van der Waals surface area (Å²) in [5.41, 5.74) is -0.101. The average Bonchev–Trinajstić information content (AvgIpc) is 2.31. The first kappa shape index (κ1) is 13.4. The number of aromatic hydroxyl groups is 1. The molecule has 1 amide bonds.